The summed E-state index contributed by atoms with van der Waals surface area (Å²) in [4.78, 5) is 27.4. The lowest BCUT2D eigenvalue weighted by atomic mass is 9.73. The zero-order chi connectivity index (χ0) is 30.3. The first kappa shape index (κ1) is 32.3. The van der Waals surface area contributed by atoms with Crippen LogP contribution in [0.15, 0.2) is 36.4 Å². The maximum Gasteiger partial charge on any atom is 0.194 e. The molecule has 2 unspecified atom stereocenters. The summed E-state index contributed by atoms with van der Waals surface area (Å²) in [7, 11) is 0. The van der Waals surface area contributed by atoms with Gasteiger partial charge in [-0.3, -0.25) is 9.59 Å². The van der Waals surface area contributed by atoms with E-state index in [1.807, 2.05) is 24.3 Å². The number of hydrogen-bond acceptors (Lipinski definition) is 2. The number of hydrogen-bond donors (Lipinski definition) is 0. The van der Waals surface area contributed by atoms with Gasteiger partial charge in [-0.1, -0.05) is 121 Å². The van der Waals surface area contributed by atoms with E-state index in [0.717, 1.165) is 36.8 Å². The highest BCUT2D eigenvalue weighted by Gasteiger charge is 2.33. The molecule has 40 heavy (non-hydrogen) atoms. The summed E-state index contributed by atoms with van der Waals surface area (Å²) in [6, 6.07) is 11.9. The average Bonchev–Trinajstić information content (AvgIpc) is 2.85. The number of benzene rings is 2. The molecule has 1 aliphatic carbocycles. The molecule has 220 valence electrons. The standard InChI is InChI=1S/C38H56O2/c1-25(35(3,4)5)15-13-21-37(9,10)27-17-19-29-31(23-27)34(40)32-24-28(18-20-30(32)33(29)39)38(11,12)22-14-16-26(2)36(6,7)8/h17-20,23-26H,13-16,21-22H2,1-12H3. The molecule has 3 rings (SSSR count). The minimum absolute atomic E-state index is 0.0115. The largest absolute Gasteiger partial charge is 0.289 e. The molecule has 0 spiro atoms. The van der Waals surface area contributed by atoms with Crippen LogP contribution in [0.25, 0.3) is 0 Å². The number of carbonyl (C=O) groups excluding carboxylic acids is 2. The van der Waals surface area contributed by atoms with Crippen molar-refractivity contribution in [3.05, 3.63) is 69.8 Å². The van der Waals surface area contributed by atoms with Gasteiger partial charge in [-0.25, -0.2) is 0 Å². The van der Waals surface area contributed by atoms with E-state index in [4.69, 9.17) is 0 Å². The van der Waals surface area contributed by atoms with Crippen molar-refractivity contribution in [1.29, 1.82) is 0 Å². The van der Waals surface area contributed by atoms with Crippen molar-refractivity contribution in [3.63, 3.8) is 0 Å². The van der Waals surface area contributed by atoms with Crippen molar-refractivity contribution in [2.45, 2.75) is 132 Å². The van der Waals surface area contributed by atoms with Crippen molar-refractivity contribution in [2.75, 3.05) is 0 Å². The molecule has 0 radical (unpaired) electrons. The highest BCUT2D eigenvalue weighted by Crippen LogP contribution is 2.39. The highest BCUT2D eigenvalue weighted by atomic mass is 16.1. The number of ketones is 2. The topological polar surface area (TPSA) is 34.1 Å². The Balaban J connectivity index is 1.82. The molecule has 0 amide bonds. The lowest BCUT2D eigenvalue weighted by Crippen LogP contribution is -2.25. The molecule has 2 heteroatoms. The quantitative estimate of drug-likeness (QED) is 0.254. The fourth-order valence-electron chi connectivity index (χ4n) is 5.85. The van der Waals surface area contributed by atoms with E-state index in [0.29, 0.717) is 44.9 Å². The summed E-state index contributed by atoms with van der Waals surface area (Å²) in [5.74, 6) is 1.27. The van der Waals surface area contributed by atoms with Gasteiger partial charge >= 0.3 is 0 Å². The third-order valence-corrected chi connectivity index (χ3v) is 10.4. The van der Waals surface area contributed by atoms with Crippen LogP contribution in [0.2, 0.25) is 0 Å². The molecule has 2 atom stereocenters. The van der Waals surface area contributed by atoms with Gasteiger partial charge < -0.3 is 0 Å². The Morgan fingerprint density at radius 3 is 1.18 bits per heavy atom. The first-order chi connectivity index (χ1) is 18.3. The molecule has 0 bridgehead atoms. The molecule has 2 nitrogen and oxygen atoms in total. The lowest BCUT2D eigenvalue weighted by molar-refractivity contribution is 0.0978. The van der Waals surface area contributed by atoms with Gasteiger partial charge in [0.1, 0.15) is 0 Å². The molecule has 0 saturated carbocycles. The predicted octanol–water partition coefficient (Wildman–Crippen LogP) is 10.7. The van der Waals surface area contributed by atoms with Crippen LogP contribution in [-0.2, 0) is 10.8 Å². The molecule has 2 aromatic carbocycles. The Labute approximate surface area is 245 Å². The zero-order valence-electron chi connectivity index (χ0n) is 27.7. The van der Waals surface area contributed by atoms with Crippen LogP contribution in [-0.4, -0.2) is 11.6 Å². The molecule has 0 saturated heterocycles. The molecule has 1 aliphatic rings. The Kier molecular flexibility index (Phi) is 9.35. The first-order valence-electron chi connectivity index (χ1n) is 15.6. The van der Waals surface area contributed by atoms with Gasteiger partial charge in [-0.2, -0.15) is 0 Å². The summed E-state index contributed by atoms with van der Waals surface area (Å²) in [5, 5.41) is 0. The smallest absolute Gasteiger partial charge is 0.194 e. The molecule has 0 aromatic heterocycles. The molecular formula is C38H56O2. The average molecular weight is 545 g/mol. The monoisotopic (exact) mass is 544 g/mol. The van der Waals surface area contributed by atoms with E-state index < -0.39 is 0 Å². The van der Waals surface area contributed by atoms with Crippen LogP contribution in [0.5, 0.6) is 0 Å². The van der Waals surface area contributed by atoms with Crippen molar-refractivity contribution >= 4 is 11.6 Å². The van der Waals surface area contributed by atoms with Crippen LogP contribution in [0.3, 0.4) is 0 Å². The molecular weight excluding hydrogens is 488 g/mol. The second-order valence-electron chi connectivity index (χ2n) is 16.3. The number of rotatable bonds is 10. The Morgan fingerprint density at radius 2 is 0.850 bits per heavy atom. The van der Waals surface area contributed by atoms with Crippen LogP contribution < -0.4 is 0 Å². The van der Waals surface area contributed by atoms with Crippen molar-refractivity contribution in [1.82, 2.24) is 0 Å². The normalized spacial score (nSPS) is 16.0. The molecule has 0 aliphatic heterocycles. The molecule has 0 heterocycles. The van der Waals surface area contributed by atoms with Gasteiger partial charge in [-0.05, 0) is 81.7 Å². The number of fused-ring (bicyclic) bond motifs is 2. The fourth-order valence-corrected chi connectivity index (χ4v) is 5.85. The van der Waals surface area contributed by atoms with Crippen molar-refractivity contribution < 1.29 is 9.59 Å². The van der Waals surface area contributed by atoms with Gasteiger partial charge in [-0.15, -0.1) is 0 Å². The van der Waals surface area contributed by atoms with E-state index in [1.165, 1.54) is 12.8 Å². The van der Waals surface area contributed by atoms with E-state index in [1.54, 1.807) is 0 Å². The van der Waals surface area contributed by atoms with Gasteiger partial charge in [0.05, 0.1) is 0 Å². The Morgan fingerprint density at radius 1 is 0.525 bits per heavy atom. The summed E-state index contributed by atoms with van der Waals surface area (Å²) < 4.78 is 0. The van der Waals surface area contributed by atoms with Crippen LogP contribution >= 0.6 is 0 Å². The van der Waals surface area contributed by atoms with Crippen molar-refractivity contribution in [3.8, 4) is 0 Å². The molecule has 2 aromatic rings. The van der Waals surface area contributed by atoms with Crippen molar-refractivity contribution in [2.24, 2.45) is 22.7 Å². The highest BCUT2D eigenvalue weighted by molar-refractivity contribution is 6.28. The second-order valence-corrected chi connectivity index (χ2v) is 16.3. The van der Waals surface area contributed by atoms with Gasteiger partial charge in [0.15, 0.2) is 11.6 Å². The Bertz CT molecular complexity index is 1140. The van der Waals surface area contributed by atoms with Gasteiger partial charge in [0.25, 0.3) is 0 Å². The summed E-state index contributed by atoms with van der Waals surface area (Å²) >= 11 is 0. The van der Waals surface area contributed by atoms with Crippen LogP contribution in [0.4, 0.5) is 0 Å². The minimum Gasteiger partial charge on any atom is -0.289 e. The molecule has 0 fully saturated rings. The SMILES string of the molecule is CC(CCCC(C)(C)c1ccc2c(c1)C(=O)c1cc(C(C)(C)CCCC(C)C(C)(C)C)ccc1C2=O)C(C)(C)C. The molecule has 0 N–H and O–H groups in total. The first-order valence-corrected chi connectivity index (χ1v) is 15.6. The Hall–Kier alpha value is -2.22. The van der Waals surface area contributed by atoms with Gasteiger partial charge in [0, 0.05) is 22.3 Å². The van der Waals surface area contributed by atoms with E-state index >= 15 is 0 Å². The second kappa shape index (κ2) is 11.6. The minimum atomic E-state index is -0.0652. The van der Waals surface area contributed by atoms with E-state index in [-0.39, 0.29) is 22.4 Å². The van der Waals surface area contributed by atoms with Gasteiger partial charge in [0.2, 0.25) is 0 Å². The maximum absolute atomic E-state index is 13.9. The fraction of sp³-hybridized carbons (Fsp3) is 0.632. The lowest BCUT2D eigenvalue weighted by Gasteiger charge is -2.31. The van der Waals surface area contributed by atoms with E-state index in [2.05, 4.69) is 95.2 Å². The van der Waals surface area contributed by atoms with Crippen LogP contribution in [0, 0.1) is 22.7 Å². The maximum atomic E-state index is 13.9. The van der Waals surface area contributed by atoms with Crippen LogP contribution in [0.1, 0.15) is 165 Å². The number of carbonyl (C=O) groups is 2. The summed E-state index contributed by atoms with van der Waals surface area (Å²) in [6.45, 7) is 27.6. The van der Waals surface area contributed by atoms with E-state index in [9.17, 15) is 9.59 Å². The third-order valence-electron chi connectivity index (χ3n) is 10.4. The summed E-state index contributed by atoms with van der Waals surface area (Å²) in [5.41, 5.74) is 5.01. The third kappa shape index (κ3) is 7.15. The summed E-state index contributed by atoms with van der Waals surface area (Å²) in [6.07, 6.45) is 6.78. The predicted molar refractivity (Wildman–Crippen MR) is 171 cm³/mol. The zero-order valence-corrected chi connectivity index (χ0v) is 27.7.